The van der Waals surface area contributed by atoms with Crippen LogP contribution in [0, 0.1) is 23.4 Å². The van der Waals surface area contributed by atoms with Gasteiger partial charge >= 0.3 is 0 Å². The highest BCUT2D eigenvalue weighted by atomic mass is 19.2. The maximum atomic E-state index is 13.1. The fraction of sp³-hybridized carbons (Fsp3) is 0.500. The molecular weight excluding hydrogens is 271 g/mol. The lowest BCUT2D eigenvalue weighted by atomic mass is 9.93. The van der Waals surface area contributed by atoms with E-state index in [1.54, 1.807) is 0 Å². The summed E-state index contributed by atoms with van der Waals surface area (Å²) in [6, 6.07) is 1.26. The summed E-state index contributed by atoms with van der Waals surface area (Å²) in [5.41, 5.74) is -0.222. The monoisotopic (exact) mass is 287 g/mol. The Balaban J connectivity index is 2.04. The molecule has 1 amide bonds. The third-order valence-electron chi connectivity index (χ3n) is 3.58. The molecular formula is C14H16F3NO2. The molecule has 1 aromatic carbocycles. The molecule has 1 unspecified atom stereocenters. The number of halogens is 3. The number of rotatable bonds is 3. The summed E-state index contributed by atoms with van der Waals surface area (Å²) in [4.78, 5) is 11.9. The molecule has 1 fully saturated rings. The molecule has 0 bridgehead atoms. The van der Waals surface area contributed by atoms with E-state index in [0.717, 1.165) is 12.8 Å². The van der Waals surface area contributed by atoms with E-state index in [1.807, 2.05) is 6.92 Å². The summed E-state index contributed by atoms with van der Waals surface area (Å²) in [6.07, 6.45) is 1.65. The van der Waals surface area contributed by atoms with Gasteiger partial charge < -0.3 is 10.1 Å². The number of hydrogen-bond donors (Lipinski definition) is 1. The van der Waals surface area contributed by atoms with Gasteiger partial charge in [-0.3, -0.25) is 4.79 Å². The van der Waals surface area contributed by atoms with Crippen LogP contribution in [0.15, 0.2) is 12.1 Å². The summed E-state index contributed by atoms with van der Waals surface area (Å²) < 4.78 is 44.2. The van der Waals surface area contributed by atoms with Crippen LogP contribution >= 0.6 is 0 Å². The largest absolute Gasteiger partial charge is 0.381 e. The van der Waals surface area contributed by atoms with E-state index in [4.69, 9.17) is 4.74 Å². The lowest BCUT2D eigenvalue weighted by molar-refractivity contribution is 0.0538. The quantitative estimate of drug-likeness (QED) is 0.868. The predicted octanol–water partition coefficient (Wildman–Crippen LogP) is 2.65. The summed E-state index contributed by atoms with van der Waals surface area (Å²) in [6.45, 7) is 3.12. The molecule has 1 aliphatic rings. The lowest BCUT2D eigenvalue weighted by Gasteiger charge is -2.28. The van der Waals surface area contributed by atoms with Gasteiger partial charge in [-0.15, -0.1) is 0 Å². The molecule has 1 aliphatic heterocycles. The molecule has 0 aliphatic carbocycles. The molecule has 0 spiro atoms. The first-order valence-electron chi connectivity index (χ1n) is 6.52. The van der Waals surface area contributed by atoms with Crippen molar-refractivity contribution in [3.63, 3.8) is 0 Å². The van der Waals surface area contributed by atoms with Crippen molar-refractivity contribution < 1.29 is 22.7 Å². The van der Waals surface area contributed by atoms with Crippen molar-refractivity contribution in [2.75, 3.05) is 13.2 Å². The number of hydrogen-bond acceptors (Lipinski definition) is 2. The molecule has 110 valence electrons. The molecule has 20 heavy (non-hydrogen) atoms. The average Bonchev–Trinajstić information content (AvgIpc) is 2.45. The molecule has 0 radical (unpaired) electrons. The van der Waals surface area contributed by atoms with Crippen molar-refractivity contribution >= 4 is 5.91 Å². The highest BCUT2D eigenvalue weighted by Crippen LogP contribution is 2.19. The van der Waals surface area contributed by atoms with E-state index < -0.39 is 23.4 Å². The third-order valence-corrected chi connectivity index (χ3v) is 3.58. The maximum Gasteiger partial charge on any atom is 0.251 e. The number of amides is 1. The van der Waals surface area contributed by atoms with Gasteiger partial charge in [-0.2, -0.15) is 0 Å². The first-order chi connectivity index (χ1) is 9.49. The second-order valence-electron chi connectivity index (χ2n) is 4.97. The van der Waals surface area contributed by atoms with Gasteiger partial charge in [0, 0.05) is 24.8 Å². The van der Waals surface area contributed by atoms with Gasteiger partial charge in [0.2, 0.25) is 0 Å². The molecule has 1 N–H and O–H groups in total. The van der Waals surface area contributed by atoms with E-state index in [-0.39, 0.29) is 17.5 Å². The zero-order valence-corrected chi connectivity index (χ0v) is 11.1. The summed E-state index contributed by atoms with van der Waals surface area (Å²) in [5.74, 6) is -4.65. The van der Waals surface area contributed by atoms with Crippen molar-refractivity contribution in [1.82, 2.24) is 5.32 Å². The van der Waals surface area contributed by atoms with Gasteiger partial charge in [-0.1, -0.05) is 0 Å². The number of benzene rings is 1. The van der Waals surface area contributed by atoms with Crippen LogP contribution in [0.4, 0.5) is 13.2 Å². The minimum absolute atomic E-state index is 0.137. The second-order valence-corrected chi connectivity index (χ2v) is 4.97. The van der Waals surface area contributed by atoms with Crippen LogP contribution in [0.3, 0.4) is 0 Å². The SMILES string of the molecule is CC(NC(=O)c1cc(F)c(F)c(F)c1)C1CCOCC1. The molecule has 1 heterocycles. The molecule has 3 nitrogen and oxygen atoms in total. The smallest absolute Gasteiger partial charge is 0.251 e. The Labute approximate surface area is 115 Å². The van der Waals surface area contributed by atoms with Crippen LogP contribution in [0.1, 0.15) is 30.1 Å². The number of nitrogens with one attached hydrogen (secondary N) is 1. The van der Waals surface area contributed by atoms with Crippen molar-refractivity contribution in [3.8, 4) is 0 Å². The Morgan fingerprint density at radius 2 is 1.80 bits per heavy atom. The van der Waals surface area contributed by atoms with E-state index in [1.165, 1.54) is 0 Å². The van der Waals surface area contributed by atoms with Crippen molar-refractivity contribution in [3.05, 3.63) is 35.1 Å². The topological polar surface area (TPSA) is 38.3 Å². The molecule has 1 saturated heterocycles. The summed E-state index contributed by atoms with van der Waals surface area (Å²) in [7, 11) is 0. The van der Waals surface area contributed by atoms with Crippen LogP contribution in [-0.2, 0) is 4.74 Å². The summed E-state index contributed by atoms with van der Waals surface area (Å²) in [5, 5.41) is 2.69. The van der Waals surface area contributed by atoms with Gasteiger partial charge in [-0.25, -0.2) is 13.2 Å². The van der Waals surface area contributed by atoms with Crippen LogP contribution in [0.2, 0.25) is 0 Å². The Kier molecular flexibility index (Phi) is 4.65. The van der Waals surface area contributed by atoms with E-state index in [9.17, 15) is 18.0 Å². The highest BCUT2D eigenvalue weighted by Gasteiger charge is 2.23. The average molecular weight is 287 g/mol. The van der Waals surface area contributed by atoms with Crippen molar-refractivity contribution in [2.45, 2.75) is 25.8 Å². The van der Waals surface area contributed by atoms with Crippen LogP contribution in [-0.4, -0.2) is 25.2 Å². The van der Waals surface area contributed by atoms with Crippen molar-refractivity contribution in [1.29, 1.82) is 0 Å². The normalized spacial score (nSPS) is 17.8. The minimum atomic E-state index is -1.57. The molecule has 0 aromatic heterocycles. The van der Waals surface area contributed by atoms with Gasteiger partial charge in [0.05, 0.1) is 0 Å². The Bertz CT molecular complexity index is 478. The number of carbonyl (C=O) groups is 1. The molecule has 0 saturated carbocycles. The Hall–Kier alpha value is -1.56. The maximum absolute atomic E-state index is 13.1. The van der Waals surface area contributed by atoms with Crippen LogP contribution in [0.5, 0.6) is 0 Å². The van der Waals surface area contributed by atoms with Crippen LogP contribution < -0.4 is 5.32 Å². The number of ether oxygens (including phenoxy) is 1. The standard InChI is InChI=1S/C14H16F3NO2/c1-8(9-2-4-20-5-3-9)18-14(19)10-6-11(15)13(17)12(16)7-10/h6-9H,2-5H2,1H3,(H,18,19). The highest BCUT2D eigenvalue weighted by molar-refractivity contribution is 5.94. The lowest BCUT2D eigenvalue weighted by Crippen LogP contribution is -2.40. The Morgan fingerprint density at radius 3 is 2.35 bits per heavy atom. The summed E-state index contributed by atoms with van der Waals surface area (Å²) >= 11 is 0. The van der Waals surface area contributed by atoms with Crippen LogP contribution in [0.25, 0.3) is 0 Å². The van der Waals surface area contributed by atoms with Gasteiger partial charge in [0.25, 0.3) is 5.91 Å². The zero-order chi connectivity index (χ0) is 14.7. The first kappa shape index (κ1) is 14.8. The Morgan fingerprint density at radius 1 is 1.25 bits per heavy atom. The van der Waals surface area contributed by atoms with Gasteiger partial charge in [-0.05, 0) is 37.8 Å². The zero-order valence-electron chi connectivity index (χ0n) is 11.1. The number of carbonyl (C=O) groups excluding carboxylic acids is 1. The molecule has 1 aromatic rings. The fourth-order valence-electron chi connectivity index (χ4n) is 2.31. The van der Waals surface area contributed by atoms with Gasteiger partial charge in [0.15, 0.2) is 17.5 Å². The third kappa shape index (κ3) is 3.30. The van der Waals surface area contributed by atoms with E-state index >= 15 is 0 Å². The molecule has 6 heteroatoms. The van der Waals surface area contributed by atoms with Gasteiger partial charge in [0.1, 0.15) is 0 Å². The van der Waals surface area contributed by atoms with E-state index in [0.29, 0.717) is 25.3 Å². The molecule has 1 atom stereocenters. The van der Waals surface area contributed by atoms with Crippen molar-refractivity contribution in [2.24, 2.45) is 5.92 Å². The minimum Gasteiger partial charge on any atom is -0.381 e. The van der Waals surface area contributed by atoms with E-state index in [2.05, 4.69) is 5.32 Å². The second kappa shape index (κ2) is 6.26. The first-order valence-corrected chi connectivity index (χ1v) is 6.52. The molecule has 2 rings (SSSR count). The fourth-order valence-corrected chi connectivity index (χ4v) is 2.31. The predicted molar refractivity (Wildman–Crippen MR) is 66.8 cm³/mol.